The standard InChI is InChI=1S/C21H25F3N4OS/c22-21(23,24)20(7-11-26(16-20)15-17-5-2-1-3-6-17)18(29)27-9-4-10-28(13-12-27)19-25-8-14-30-19/h1-3,5-6,8,14H,4,7,9-13,15-16H2. The topological polar surface area (TPSA) is 39.7 Å². The minimum Gasteiger partial charge on any atom is -0.346 e. The Bertz CT molecular complexity index is 846. The van der Waals surface area contributed by atoms with Crippen LogP contribution in [0.5, 0.6) is 0 Å². The number of carbonyl (C=O) groups excluding carboxylic acids is 1. The molecule has 4 rings (SSSR count). The molecule has 30 heavy (non-hydrogen) atoms. The second-order valence-corrected chi connectivity index (χ2v) is 8.85. The van der Waals surface area contributed by atoms with Crippen molar-refractivity contribution in [2.45, 2.75) is 25.6 Å². The number of thiazole rings is 1. The molecule has 2 fully saturated rings. The molecular weight excluding hydrogens is 413 g/mol. The molecule has 1 atom stereocenters. The lowest BCUT2D eigenvalue weighted by molar-refractivity contribution is -0.223. The van der Waals surface area contributed by atoms with Gasteiger partial charge in [0.05, 0.1) is 0 Å². The van der Waals surface area contributed by atoms with Crippen LogP contribution < -0.4 is 4.90 Å². The molecule has 3 heterocycles. The normalized spacial score (nSPS) is 23.6. The van der Waals surface area contributed by atoms with Crippen molar-refractivity contribution in [3.63, 3.8) is 0 Å². The zero-order valence-electron chi connectivity index (χ0n) is 16.6. The molecule has 0 N–H and O–H groups in total. The summed E-state index contributed by atoms with van der Waals surface area (Å²) in [7, 11) is 0. The summed E-state index contributed by atoms with van der Waals surface area (Å²) in [6, 6.07) is 9.43. The molecule has 1 aromatic heterocycles. The lowest BCUT2D eigenvalue weighted by Gasteiger charge is -2.35. The number of halogens is 3. The van der Waals surface area contributed by atoms with E-state index in [2.05, 4.69) is 9.88 Å². The van der Waals surface area contributed by atoms with E-state index >= 15 is 0 Å². The van der Waals surface area contributed by atoms with Gasteiger partial charge >= 0.3 is 6.18 Å². The highest BCUT2D eigenvalue weighted by Crippen LogP contribution is 2.47. The third kappa shape index (κ3) is 4.18. The fourth-order valence-corrected chi connectivity index (χ4v) is 5.08. The third-order valence-electron chi connectivity index (χ3n) is 6.02. The first-order chi connectivity index (χ1) is 14.4. The van der Waals surface area contributed by atoms with Crippen molar-refractivity contribution in [3.05, 3.63) is 47.5 Å². The number of alkyl halides is 3. The Balaban J connectivity index is 1.48. The van der Waals surface area contributed by atoms with Crippen molar-refractivity contribution < 1.29 is 18.0 Å². The SMILES string of the molecule is O=C(N1CCCN(c2nccs2)CC1)C1(C(F)(F)F)CCN(Cc2ccccc2)C1. The summed E-state index contributed by atoms with van der Waals surface area (Å²) in [6.07, 6.45) is -2.41. The van der Waals surface area contributed by atoms with Gasteiger partial charge in [0, 0.05) is 50.8 Å². The summed E-state index contributed by atoms with van der Waals surface area (Å²) in [5, 5.41) is 2.73. The van der Waals surface area contributed by atoms with Gasteiger partial charge in [-0.05, 0) is 24.9 Å². The Hall–Kier alpha value is -2.13. The van der Waals surface area contributed by atoms with Gasteiger partial charge < -0.3 is 9.80 Å². The van der Waals surface area contributed by atoms with E-state index in [4.69, 9.17) is 0 Å². The molecule has 2 aliphatic heterocycles. The molecule has 0 aliphatic carbocycles. The Morgan fingerprint density at radius 1 is 1.10 bits per heavy atom. The Kier molecular flexibility index (Phi) is 6.02. The zero-order valence-corrected chi connectivity index (χ0v) is 17.5. The van der Waals surface area contributed by atoms with Crippen LogP contribution in [-0.2, 0) is 11.3 Å². The molecule has 0 radical (unpaired) electrons. The summed E-state index contributed by atoms with van der Waals surface area (Å²) in [5.41, 5.74) is -1.37. The van der Waals surface area contributed by atoms with Crippen molar-refractivity contribution in [1.29, 1.82) is 0 Å². The van der Waals surface area contributed by atoms with Gasteiger partial charge in [0.1, 0.15) is 0 Å². The first-order valence-corrected chi connectivity index (χ1v) is 11.0. The lowest BCUT2D eigenvalue weighted by atomic mass is 9.84. The number of benzene rings is 1. The van der Waals surface area contributed by atoms with E-state index in [1.807, 2.05) is 35.7 Å². The number of nitrogens with zero attached hydrogens (tertiary/aromatic N) is 4. The van der Waals surface area contributed by atoms with Crippen LogP contribution in [0.2, 0.25) is 0 Å². The van der Waals surface area contributed by atoms with E-state index in [0.717, 1.165) is 10.7 Å². The first-order valence-electron chi connectivity index (χ1n) is 10.2. The van der Waals surface area contributed by atoms with Gasteiger partial charge in [-0.3, -0.25) is 9.69 Å². The van der Waals surface area contributed by atoms with Gasteiger partial charge in [-0.1, -0.05) is 30.3 Å². The molecule has 2 saturated heterocycles. The summed E-state index contributed by atoms with van der Waals surface area (Å²) in [4.78, 5) is 22.8. The second-order valence-electron chi connectivity index (χ2n) is 7.97. The van der Waals surface area contributed by atoms with Crippen molar-refractivity contribution in [2.75, 3.05) is 44.2 Å². The quantitative estimate of drug-likeness (QED) is 0.731. The van der Waals surface area contributed by atoms with Crippen molar-refractivity contribution in [2.24, 2.45) is 5.41 Å². The van der Waals surface area contributed by atoms with Crippen molar-refractivity contribution in [1.82, 2.24) is 14.8 Å². The molecule has 1 amide bonds. The van der Waals surface area contributed by atoms with Gasteiger partial charge in [-0.15, -0.1) is 11.3 Å². The number of hydrogen-bond donors (Lipinski definition) is 0. The van der Waals surface area contributed by atoms with Gasteiger partial charge in [0.2, 0.25) is 5.91 Å². The van der Waals surface area contributed by atoms with Gasteiger partial charge in [-0.25, -0.2) is 4.98 Å². The Morgan fingerprint density at radius 3 is 2.60 bits per heavy atom. The predicted molar refractivity (Wildman–Crippen MR) is 110 cm³/mol. The number of aromatic nitrogens is 1. The zero-order chi connectivity index (χ0) is 21.2. The number of amides is 1. The maximum Gasteiger partial charge on any atom is 0.404 e. The van der Waals surface area contributed by atoms with E-state index < -0.39 is 17.5 Å². The molecule has 0 saturated carbocycles. The van der Waals surface area contributed by atoms with E-state index in [1.54, 1.807) is 11.1 Å². The van der Waals surface area contributed by atoms with Crippen LogP contribution in [-0.4, -0.2) is 66.1 Å². The van der Waals surface area contributed by atoms with E-state index in [0.29, 0.717) is 32.6 Å². The molecular formula is C21H25F3N4OS. The molecule has 0 bridgehead atoms. The lowest BCUT2D eigenvalue weighted by Crippen LogP contribution is -2.54. The molecule has 5 nitrogen and oxygen atoms in total. The molecule has 1 aromatic carbocycles. The maximum atomic E-state index is 14.2. The highest BCUT2D eigenvalue weighted by molar-refractivity contribution is 7.13. The van der Waals surface area contributed by atoms with Crippen LogP contribution in [0.1, 0.15) is 18.4 Å². The van der Waals surface area contributed by atoms with Crippen LogP contribution in [0.15, 0.2) is 41.9 Å². The fraction of sp³-hybridized carbons (Fsp3) is 0.524. The number of likely N-dealkylation sites (tertiary alicyclic amines) is 1. The molecule has 0 spiro atoms. The number of anilines is 1. The van der Waals surface area contributed by atoms with Crippen LogP contribution >= 0.6 is 11.3 Å². The molecule has 1 unspecified atom stereocenters. The molecule has 2 aromatic rings. The van der Waals surface area contributed by atoms with Gasteiger partial charge in [0.15, 0.2) is 10.5 Å². The monoisotopic (exact) mass is 438 g/mol. The average molecular weight is 439 g/mol. The summed E-state index contributed by atoms with van der Waals surface area (Å²) < 4.78 is 42.7. The molecule has 9 heteroatoms. The largest absolute Gasteiger partial charge is 0.404 e. The summed E-state index contributed by atoms with van der Waals surface area (Å²) >= 11 is 1.50. The predicted octanol–water partition coefficient (Wildman–Crippen LogP) is 3.64. The van der Waals surface area contributed by atoms with Crippen LogP contribution in [0.25, 0.3) is 0 Å². The number of carbonyl (C=O) groups is 1. The van der Waals surface area contributed by atoms with E-state index in [-0.39, 0.29) is 26.1 Å². The minimum atomic E-state index is -4.57. The van der Waals surface area contributed by atoms with Crippen molar-refractivity contribution >= 4 is 22.4 Å². The third-order valence-corrected chi connectivity index (χ3v) is 6.85. The number of rotatable bonds is 4. The second kappa shape index (κ2) is 8.55. The van der Waals surface area contributed by atoms with Gasteiger partial charge in [0.25, 0.3) is 0 Å². The fourth-order valence-electron chi connectivity index (χ4n) is 4.38. The van der Waals surface area contributed by atoms with Crippen LogP contribution in [0.3, 0.4) is 0 Å². The number of hydrogen-bond acceptors (Lipinski definition) is 5. The molecule has 162 valence electrons. The Labute approximate surface area is 178 Å². The highest BCUT2D eigenvalue weighted by atomic mass is 32.1. The minimum absolute atomic E-state index is 0.186. The maximum absolute atomic E-state index is 14.2. The highest BCUT2D eigenvalue weighted by Gasteiger charge is 2.63. The Morgan fingerprint density at radius 2 is 1.90 bits per heavy atom. The van der Waals surface area contributed by atoms with Gasteiger partial charge in [-0.2, -0.15) is 13.2 Å². The van der Waals surface area contributed by atoms with E-state index in [9.17, 15) is 18.0 Å². The van der Waals surface area contributed by atoms with E-state index in [1.165, 1.54) is 16.2 Å². The summed E-state index contributed by atoms with van der Waals surface area (Å²) in [5.74, 6) is -0.772. The smallest absolute Gasteiger partial charge is 0.346 e. The summed E-state index contributed by atoms with van der Waals surface area (Å²) in [6.45, 7) is 2.23. The van der Waals surface area contributed by atoms with Crippen LogP contribution in [0.4, 0.5) is 18.3 Å². The first kappa shape index (κ1) is 21.1. The molecule has 2 aliphatic rings. The van der Waals surface area contributed by atoms with Crippen molar-refractivity contribution in [3.8, 4) is 0 Å². The van der Waals surface area contributed by atoms with Crippen LogP contribution in [0, 0.1) is 5.41 Å². The average Bonchev–Trinajstić information content (AvgIpc) is 3.34.